The van der Waals surface area contributed by atoms with Crippen LogP contribution in [0.1, 0.15) is 5.56 Å². The van der Waals surface area contributed by atoms with Crippen LogP contribution in [0.4, 0.5) is 11.4 Å². The number of nitro benzene ring substituents is 1. The molecule has 0 unspecified atom stereocenters. The fourth-order valence-corrected chi connectivity index (χ4v) is 2.61. The van der Waals surface area contributed by atoms with Gasteiger partial charge in [0.1, 0.15) is 5.69 Å². The van der Waals surface area contributed by atoms with Crippen LogP contribution in [0, 0.1) is 10.1 Å². The lowest BCUT2D eigenvalue weighted by Crippen LogP contribution is -2.21. The predicted molar refractivity (Wildman–Crippen MR) is 90.1 cm³/mol. The molecule has 0 fully saturated rings. The number of fused-ring (bicyclic) bond motifs is 1. The summed E-state index contributed by atoms with van der Waals surface area (Å²) in [4.78, 5) is 25.4. The van der Waals surface area contributed by atoms with E-state index in [0.717, 1.165) is 11.0 Å². The van der Waals surface area contributed by atoms with Gasteiger partial charge in [0.25, 0.3) is 5.69 Å². The highest BCUT2D eigenvalue weighted by Crippen LogP contribution is 2.25. The van der Waals surface area contributed by atoms with E-state index in [4.69, 9.17) is 0 Å². The van der Waals surface area contributed by atoms with Crippen molar-refractivity contribution >= 4 is 22.4 Å². The van der Waals surface area contributed by atoms with Crippen LogP contribution in [-0.2, 0) is 13.2 Å². The van der Waals surface area contributed by atoms with E-state index in [0.29, 0.717) is 24.3 Å². The largest absolute Gasteiger partial charge is 0.392 e. The quantitative estimate of drug-likeness (QED) is 0.472. The molecule has 24 heavy (non-hydrogen) atoms. The number of para-hydroxylation sites is 2. The molecule has 0 radical (unpaired) electrons. The van der Waals surface area contributed by atoms with Crippen molar-refractivity contribution in [3.63, 3.8) is 0 Å². The van der Waals surface area contributed by atoms with Gasteiger partial charge in [0.2, 0.25) is 0 Å². The number of aliphatic hydroxyl groups is 1. The Hall–Kier alpha value is -3.13. The topological polar surface area (TPSA) is 113 Å². The number of nitro groups is 1. The number of benzene rings is 2. The lowest BCUT2D eigenvalue weighted by Gasteiger charge is -2.09. The van der Waals surface area contributed by atoms with Gasteiger partial charge in [-0.15, -0.1) is 0 Å². The molecule has 0 aliphatic rings. The molecule has 8 heteroatoms. The summed E-state index contributed by atoms with van der Waals surface area (Å²) in [6, 6.07) is 11.7. The minimum atomic E-state index is -0.485. The smallest absolute Gasteiger partial charge is 0.326 e. The first-order chi connectivity index (χ1) is 11.6. The van der Waals surface area contributed by atoms with Crippen LogP contribution in [0.2, 0.25) is 0 Å². The molecule has 1 heterocycles. The first-order valence-corrected chi connectivity index (χ1v) is 7.40. The fraction of sp³-hybridized carbons (Fsp3) is 0.188. The summed E-state index contributed by atoms with van der Waals surface area (Å²) in [5.41, 5.74) is 2.13. The van der Waals surface area contributed by atoms with E-state index >= 15 is 0 Å². The van der Waals surface area contributed by atoms with Crippen molar-refractivity contribution in [1.29, 1.82) is 0 Å². The molecule has 0 aliphatic carbocycles. The first-order valence-electron chi connectivity index (χ1n) is 7.40. The zero-order valence-electron chi connectivity index (χ0n) is 12.7. The van der Waals surface area contributed by atoms with E-state index in [2.05, 4.69) is 10.3 Å². The predicted octanol–water partition coefficient (Wildman–Crippen LogP) is 1.84. The summed E-state index contributed by atoms with van der Waals surface area (Å²) in [5, 5.41) is 23.2. The lowest BCUT2D eigenvalue weighted by atomic mass is 10.2. The summed E-state index contributed by atoms with van der Waals surface area (Å²) in [6.45, 7) is 0.482. The van der Waals surface area contributed by atoms with Gasteiger partial charge >= 0.3 is 5.69 Å². The highest BCUT2D eigenvalue weighted by Gasteiger charge is 2.14. The number of imidazole rings is 1. The fourth-order valence-electron chi connectivity index (χ4n) is 2.61. The van der Waals surface area contributed by atoms with Gasteiger partial charge in [-0.3, -0.25) is 14.7 Å². The Morgan fingerprint density at radius 3 is 2.79 bits per heavy atom. The van der Waals surface area contributed by atoms with Crippen LogP contribution in [-0.4, -0.2) is 26.1 Å². The minimum absolute atomic E-state index is 0.0709. The number of nitrogens with one attached hydrogen (secondary N) is 2. The zero-order chi connectivity index (χ0) is 17.1. The van der Waals surface area contributed by atoms with Crippen LogP contribution in [0.3, 0.4) is 0 Å². The molecule has 3 N–H and O–H groups in total. The van der Waals surface area contributed by atoms with Gasteiger partial charge < -0.3 is 15.4 Å². The molecule has 0 amide bonds. The second-order valence-corrected chi connectivity index (χ2v) is 5.29. The van der Waals surface area contributed by atoms with E-state index in [1.807, 2.05) is 24.3 Å². The Kier molecular flexibility index (Phi) is 4.30. The van der Waals surface area contributed by atoms with Gasteiger partial charge in [0.15, 0.2) is 0 Å². The Labute approximate surface area is 136 Å². The first kappa shape index (κ1) is 15.8. The van der Waals surface area contributed by atoms with Crippen molar-refractivity contribution in [2.24, 2.45) is 0 Å². The summed E-state index contributed by atoms with van der Waals surface area (Å²) >= 11 is 0. The number of aromatic nitrogens is 2. The standard InChI is InChI=1S/C16H16N4O4/c21-10-11-5-6-15(20(23)24)13(9-11)17-7-8-19-14-4-2-1-3-12(14)18-16(19)22/h1-6,9,17,21H,7-8,10H2,(H,18,22). The summed E-state index contributed by atoms with van der Waals surface area (Å²) in [6.07, 6.45) is 0. The average Bonchev–Trinajstić information content (AvgIpc) is 2.90. The molecule has 0 spiro atoms. The number of aromatic amines is 1. The van der Waals surface area contributed by atoms with Crippen molar-refractivity contribution in [2.75, 3.05) is 11.9 Å². The zero-order valence-corrected chi connectivity index (χ0v) is 12.7. The van der Waals surface area contributed by atoms with E-state index < -0.39 is 4.92 Å². The molecule has 3 aromatic rings. The molecule has 8 nitrogen and oxygen atoms in total. The van der Waals surface area contributed by atoms with Gasteiger partial charge in [0.05, 0.1) is 22.6 Å². The van der Waals surface area contributed by atoms with Crippen LogP contribution < -0.4 is 11.0 Å². The van der Waals surface area contributed by atoms with Gasteiger partial charge in [-0.1, -0.05) is 12.1 Å². The van der Waals surface area contributed by atoms with Crippen molar-refractivity contribution in [2.45, 2.75) is 13.2 Å². The van der Waals surface area contributed by atoms with Gasteiger partial charge in [-0.25, -0.2) is 4.79 Å². The molecular formula is C16H16N4O4. The maximum atomic E-state index is 12.0. The summed E-state index contributed by atoms with van der Waals surface area (Å²) in [5.74, 6) is 0. The molecule has 0 saturated heterocycles. The Morgan fingerprint density at radius 2 is 2.04 bits per heavy atom. The van der Waals surface area contributed by atoms with Crippen molar-refractivity contribution < 1.29 is 10.0 Å². The Morgan fingerprint density at radius 1 is 1.25 bits per heavy atom. The highest BCUT2D eigenvalue weighted by atomic mass is 16.6. The molecule has 2 aromatic carbocycles. The molecule has 0 atom stereocenters. The van der Waals surface area contributed by atoms with Gasteiger partial charge in [-0.2, -0.15) is 0 Å². The molecule has 0 aliphatic heterocycles. The second kappa shape index (κ2) is 6.55. The number of rotatable bonds is 6. The van der Waals surface area contributed by atoms with E-state index in [9.17, 15) is 20.0 Å². The monoisotopic (exact) mass is 328 g/mol. The molecule has 1 aromatic heterocycles. The Bertz CT molecular complexity index is 945. The maximum absolute atomic E-state index is 12.0. The van der Waals surface area contributed by atoms with Crippen molar-refractivity contribution in [3.05, 3.63) is 68.6 Å². The van der Waals surface area contributed by atoms with Crippen molar-refractivity contribution in [1.82, 2.24) is 9.55 Å². The van der Waals surface area contributed by atoms with Crippen LogP contribution in [0.5, 0.6) is 0 Å². The Balaban J connectivity index is 1.80. The van der Waals surface area contributed by atoms with E-state index in [1.54, 1.807) is 4.57 Å². The number of aliphatic hydroxyl groups excluding tert-OH is 1. The molecule has 124 valence electrons. The third kappa shape index (κ3) is 2.99. The number of hydrogen-bond acceptors (Lipinski definition) is 5. The third-order valence-corrected chi connectivity index (χ3v) is 3.77. The third-order valence-electron chi connectivity index (χ3n) is 3.77. The number of H-pyrrole nitrogens is 1. The maximum Gasteiger partial charge on any atom is 0.326 e. The summed E-state index contributed by atoms with van der Waals surface area (Å²) < 4.78 is 1.57. The highest BCUT2D eigenvalue weighted by molar-refractivity contribution is 5.74. The number of hydrogen-bond donors (Lipinski definition) is 3. The molecule has 3 rings (SSSR count). The number of anilines is 1. The van der Waals surface area contributed by atoms with E-state index in [1.165, 1.54) is 18.2 Å². The average molecular weight is 328 g/mol. The lowest BCUT2D eigenvalue weighted by molar-refractivity contribution is -0.384. The van der Waals surface area contributed by atoms with Crippen molar-refractivity contribution in [3.8, 4) is 0 Å². The normalized spacial score (nSPS) is 10.9. The summed E-state index contributed by atoms with van der Waals surface area (Å²) in [7, 11) is 0. The second-order valence-electron chi connectivity index (χ2n) is 5.29. The van der Waals surface area contributed by atoms with E-state index in [-0.39, 0.29) is 18.0 Å². The molecule has 0 saturated carbocycles. The minimum Gasteiger partial charge on any atom is -0.392 e. The molecular weight excluding hydrogens is 312 g/mol. The van der Waals surface area contributed by atoms with Crippen LogP contribution in [0.25, 0.3) is 11.0 Å². The number of nitrogens with zero attached hydrogens (tertiary/aromatic N) is 2. The SMILES string of the molecule is O=c1[nH]c2ccccc2n1CCNc1cc(CO)ccc1[N+](=O)[O-]. The molecule has 0 bridgehead atoms. The van der Waals surface area contributed by atoms with Gasteiger partial charge in [-0.05, 0) is 29.8 Å². The van der Waals surface area contributed by atoms with Gasteiger partial charge in [0, 0.05) is 19.2 Å². The van der Waals surface area contributed by atoms with Crippen LogP contribution >= 0.6 is 0 Å². The van der Waals surface area contributed by atoms with Crippen LogP contribution in [0.15, 0.2) is 47.3 Å².